The number of rotatable bonds is 10. The normalized spacial score (nSPS) is 12.3. The number of halogens is 1. The Kier molecular flexibility index (Phi) is 8.25. The van der Waals surface area contributed by atoms with E-state index in [9.17, 15) is 17.6 Å². The summed E-state index contributed by atoms with van der Waals surface area (Å²) in [4.78, 5) is 12.8. The molecule has 1 N–H and O–H groups in total. The second-order valence-electron chi connectivity index (χ2n) is 7.62. The molecule has 9 heteroatoms. The van der Waals surface area contributed by atoms with Crippen LogP contribution in [-0.4, -0.2) is 39.4 Å². The lowest BCUT2D eigenvalue weighted by atomic mass is 10.1. The van der Waals surface area contributed by atoms with Crippen molar-refractivity contribution < 1.29 is 27.1 Å². The van der Waals surface area contributed by atoms with Crippen LogP contribution in [0.2, 0.25) is 0 Å². The molecule has 0 bridgehead atoms. The zero-order valence-corrected chi connectivity index (χ0v) is 20.0. The first-order valence-corrected chi connectivity index (χ1v) is 12.0. The van der Waals surface area contributed by atoms with Gasteiger partial charge in [-0.1, -0.05) is 36.4 Å². The summed E-state index contributed by atoms with van der Waals surface area (Å²) in [6.07, 6.45) is 0. The average molecular weight is 487 g/mol. The molecule has 0 aliphatic rings. The first-order chi connectivity index (χ1) is 16.2. The molecule has 0 aliphatic carbocycles. The smallest absolute Gasteiger partial charge is 0.243 e. The number of nitrogens with zero attached hydrogens (tertiary/aromatic N) is 1. The van der Waals surface area contributed by atoms with Crippen LogP contribution in [0.3, 0.4) is 0 Å². The van der Waals surface area contributed by atoms with E-state index in [1.165, 1.54) is 26.4 Å². The van der Waals surface area contributed by atoms with Gasteiger partial charge in [-0.05, 0) is 54.4 Å². The van der Waals surface area contributed by atoms with Crippen molar-refractivity contribution in [3.05, 3.63) is 89.7 Å². The Morgan fingerprint density at radius 3 is 2.24 bits per heavy atom. The summed E-state index contributed by atoms with van der Waals surface area (Å²) in [7, 11) is -1.01. The minimum Gasteiger partial charge on any atom is -0.493 e. The van der Waals surface area contributed by atoms with Crippen LogP contribution < -0.4 is 14.8 Å². The zero-order chi connectivity index (χ0) is 24.7. The van der Waals surface area contributed by atoms with Crippen LogP contribution in [0, 0.1) is 5.82 Å². The van der Waals surface area contributed by atoms with Gasteiger partial charge in [0.25, 0.3) is 0 Å². The van der Waals surface area contributed by atoms with E-state index in [0.29, 0.717) is 17.1 Å². The summed E-state index contributed by atoms with van der Waals surface area (Å²) in [5.74, 6) is 0.0499. The average Bonchev–Trinajstić information content (AvgIpc) is 2.84. The molecule has 3 rings (SSSR count). The summed E-state index contributed by atoms with van der Waals surface area (Å²) in [5, 5.41) is 2.83. The molecule has 0 fully saturated rings. The van der Waals surface area contributed by atoms with Crippen molar-refractivity contribution in [3.8, 4) is 11.5 Å². The highest BCUT2D eigenvalue weighted by Crippen LogP contribution is 2.30. The molecule has 180 valence electrons. The largest absolute Gasteiger partial charge is 0.493 e. The van der Waals surface area contributed by atoms with Gasteiger partial charge in [0.2, 0.25) is 15.9 Å². The summed E-state index contributed by atoms with van der Waals surface area (Å²) in [6, 6.07) is 18.3. The number of sulfonamides is 1. The number of ether oxygens (including phenoxy) is 2. The molecule has 1 amide bonds. The molecule has 0 spiro atoms. The van der Waals surface area contributed by atoms with E-state index in [4.69, 9.17) is 9.47 Å². The first kappa shape index (κ1) is 25.2. The minimum atomic E-state index is -4.06. The van der Waals surface area contributed by atoms with Crippen LogP contribution in [0.15, 0.2) is 77.7 Å². The Morgan fingerprint density at radius 2 is 1.62 bits per heavy atom. The van der Waals surface area contributed by atoms with E-state index >= 15 is 0 Å². The van der Waals surface area contributed by atoms with Gasteiger partial charge in [0, 0.05) is 6.54 Å². The van der Waals surface area contributed by atoms with E-state index in [1.54, 1.807) is 49.4 Å². The molecule has 0 saturated carbocycles. The molecular formula is C25H27FN2O5S. The molecule has 7 nitrogen and oxygen atoms in total. The van der Waals surface area contributed by atoms with Gasteiger partial charge >= 0.3 is 0 Å². The number of benzene rings is 3. The number of nitrogens with one attached hydrogen (secondary N) is 1. The van der Waals surface area contributed by atoms with Gasteiger partial charge in [0.05, 0.1) is 31.7 Å². The highest BCUT2D eigenvalue weighted by Gasteiger charge is 2.27. The van der Waals surface area contributed by atoms with E-state index < -0.39 is 34.3 Å². The third-order valence-electron chi connectivity index (χ3n) is 5.26. The van der Waals surface area contributed by atoms with Gasteiger partial charge in [-0.15, -0.1) is 0 Å². The highest BCUT2D eigenvalue weighted by molar-refractivity contribution is 7.89. The van der Waals surface area contributed by atoms with Crippen LogP contribution in [-0.2, 0) is 21.4 Å². The summed E-state index contributed by atoms with van der Waals surface area (Å²) in [5.41, 5.74) is 1.48. The van der Waals surface area contributed by atoms with Crippen LogP contribution in [0.1, 0.15) is 24.1 Å². The quantitative estimate of drug-likeness (QED) is 0.470. The highest BCUT2D eigenvalue weighted by atomic mass is 32.2. The molecule has 0 unspecified atom stereocenters. The topological polar surface area (TPSA) is 84.9 Å². The SMILES string of the molecule is COc1ccc([C@@H](C)NC(=O)CN(Cc2ccccc2)S(=O)(=O)c2ccc(F)cc2)cc1OC. The van der Waals surface area contributed by atoms with Gasteiger partial charge in [-0.25, -0.2) is 12.8 Å². The fourth-order valence-corrected chi connectivity index (χ4v) is 4.81. The van der Waals surface area contributed by atoms with Gasteiger partial charge in [0.1, 0.15) is 5.82 Å². The molecule has 0 aromatic heterocycles. The molecule has 0 aliphatic heterocycles. The Balaban J connectivity index is 1.81. The maximum Gasteiger partial charge on any atom is 0.243 e. The first-order valence-electron chi connectivity index (χ1n) is 10.6. The maximum absolute atomic E-state index is 13.3. The third kappa shape index (κ3) is 6.12. The Hall–Kier alpha value is -3.43. The lowest BCUT2D eigenvalue weighted by Gasteiger charge is -2.23. The van der Waals surface area contributed by atoms with Crippen molar-refractivity contribution in [1.29, 1.82) is 0 Å². The number of carbonyl (C=O) groups excluding carboxylic acids is 1. The van der Waals surface area contributed by atoms with E-state index in [-0.39, 0.29) is 11.4 Å². The number of methoxy groups -OCH3 is 2. The predicted octanol–water partition coefficient (Wildman–Crippen LogP) is 3.91. The van der Waals surface area contributed by atoms with Gasteiger partial charge < -0.3 is 14.8 Å². The zero-order valence-electron chi connectivity index (χ0n) is 19.2. The molecule has 1 atom stereocenters. The van der Waals surface area contributed by atoms with Gasteiger partial charge in [-0.2, -0.15) is 4.31 Å². The Labute approximate surface area is 199 Å². The standard InChI is InChI=1S/C25H27FN2O5S/c1-18(20-9-14-23(32-2)24(15-20)33-3)27-25(29)17-28(16-19-7-5-4-6-8-19)34(30,31)22-12-10-21(26)11-13-22/h4-15,18H,16-17H2,1-3H3,(H,27,29)/t18-/m1/s1. The van der Waals surface area contributed by atoms with E-state index in [1.807, 2.05) is 6.07 Å². The minimum absolute atomic E-state index is 0.0152. The summed E-state index contributed by atoms with van der Waals surface area (Å²) < 4.78 is 51.6. The van der Waals surface area contributed by atoms with E-state index in [0.717, 1.165) is 22.0 Å². The van der Waals surface area contributed by atoms with Crippen LogP contribution in [0.4, 0.5) is 4.39 Å². The summed E-state index contributed by atoms with van der Waals surface area (Å²) in [6.45, 7) is 1.36. The Morgan fingerprint density at radius 1 is 0.971 bits per heavy atom. The maximum atomic E-state index is 13.3. The number of amides is 1. The van der Waals surface area contributed by atoms with Gasteiger partial charge in [-0.3, -0.25) is 4.79 Å². The second-order valence-corrected chi connectivity index (χ2v) is 9.55. The monoisotopic (exact) mass is 486 g/mol. The molecule has 0 saturated heterocycles. The number of hydrogen-bond donors (Lipinski definition) is 1. The molecule has 0 radical (unpaired) electrons. The molecule has 3 aromatic rings. The predicted molar refractivity (Wildman–Crippen MR) is 127 cm³/mol. The lowest BCUT2D eigenvalue weighted by Crippen LogP contribution is -2.41. The molecule has 3 aromatic carbocycles. The summed E-state index contributed by atoms with van der Waals surface area (Å²) >= 11 is 0. The van der Waals surface area contributed by atoms with Crippen molar-refractivity contribution in [2.24, 2.45) is 0 Å². The van der Waals surface area contributed by atoms with Crippen LogP contribution in [0.5, 0.6) is 11.5 Å². The van der Waals surface area contributed by atoms with Crippen molar-refractivity contribution >= 4 is 15.9 Å². The Bertz CT molecular complexity index is 1220. The lowest BCUT2D eigenvalue weighted by molar-refractivity contribution is -0.122. The second kappa shape index (κ2) is 11.1. The number of carbonyl (C=O) groups is 1. The molecule has 0 heterocycles. The van der Waals surface area contributed by atoms with Crippen molar-refractivity contribution in [2.75, 3.05) is 20.8 Å². The van der Waals surface area contributed by atoms with E-state index in [2.05, 4.69) is 5.32 Å². The van der Waals surface area contributed by atoms with Crippen molar-refractivity contribution in [3.63, 3.8) is 0 Å². The molecule has 34 heavy (non-hydrogen) atoms. The fourth-order valence-electron chi connectivity index (χ4n) is 3.42. The van der Waals surface area contributed by atoms with Crippen molar-refractivity contribution in [1.82, 2.24) is 9.62 Å². The fraction of sp³-hybridized carbons (Fsp3) is 0.240. The van der Waals surface area contributed by atoms with Gasteiger partial charge in [0.15, 0.2) is 11.5 Å². The number of hydrogen-bond acceptors (Lipinski definition) is 5. The van der Waals surface area contributed by atoms with Crippen LogP contribution in [0.25, 0.3) is 0 Å². The molecular weight excluding hydrogens is 459 g/mol. The third-order valence-corrected chi connectivity index (χ3v) is 7.06. The van der Waals surface area contributed by atoms with Crippen LogP contribution >= 0.6 is 0 Å². The van der Waals surface area contributed by atoms with Crippen molar-refractivity contribution in [2.45, 2.75) is 24.4 Å².